The first-order chi connectivity index (χ1) is 12.5. The van der Waals surface area contributed by atoms with Gasteiger partial charge >= 0.3 is 0 Å². The Morgan fingerprint density at radius 1 is 1.46 bits per heavy atom. The zero-order chi connectivity index (χ0) is 18.1. The lowest BCUT2D eigenvalue weighted by atomic mass is 9.71. The fourth-order valence-corrected chi connectivity index (χ4v) is 4.93. The van der Waals surface area contributed by atoms with Gasteiger partial charge in [0.15, 0.2) is 0 Å². The predicted octanol–water partition coefficient (Wildman–Crippen LogP) is 1.06. The predicted molar refractivity (Wildman–Crippen MR) is 96.7 cm³/mol. The summed E-state index contributed by atoms with van der Waals surface area (Å²) in [7, 11) is 0. The van der Waals surface area contributed by atoms with E-state index in [1.165, 1.54) is 11.5 Å². The van der Waals surface area contributed by atoms with E-state index in [0.717, 1.165) is 51.3 Å². The van der Waals surface area contributed by atoms with Crippen molar-refractivity contribution in [3.63, 3.8) is 0 Å². The lowest BCUT2D eigenvalue weighted by Gasteiger charge is -2.49. The number of amides is 1. The van der Waals surface area contributed by atoms with E-state index in [1.807, 2.05) is 18.0 Å². The molecule has 2 aromatic rings. The molecule has 2 aromatic heterocycles. The normalized spacial score (nSPS) is 23.5. The van der Waals surface area contributed by atoms with Gasteiger partial charge in [-0.25, -0.2) is 4.98 Å². The maximum absolute atomic E-state index is 12.7. The van der Waals surface area contributed by atoms with Gasteiger partial charge in [-0.3, -0.25) is 9.69 Å². The number of imidazole rings is 1. The van der Waals surface area contributed by atoms with E-state index in [9.17, 15) is 9.90 Å². The second kappa shape index (κ2) is 7.05. The van der Waals surface area contributed by atoms with Gasteiger partial charge in [0.05, 0.1) is 18.3 Å². The molecule has 4 rings (SSSR count). The summed E-state index contributed by atoms with van der Waals surface area (Å²) in [5, 5.41) is 14.4. The number of piperidine rings is 2. The summed E-state index contributed by atoms with van der Waals surface area (Å²) in [6, 6.07) is 0. The molecule has 2 aliphatic heterocycles. The third kappa shape index (κ3) is 3.51. The van der Waals surface area contributed by atoms with E-state index in [2.05, 4.69) is 24.5 Å². The van der Waals surface area contributed by atoms with Crippen LogP contribution in [0.2, 0.25) is 0 Å². The standard InChI is InChI=1S/C17H24N6O2S/c1-12-15(26-21-20-12)16(25)23-6-2-17(3-7-23)8-13(24)9-22(11-17)10-14-18-4-5-19-14/h4-5,13,24H,2-3,6-11H2,1H3,(H,18,19). The minimum absolute atomic E-state index is 0.0381. The van der Waals surface area contributed by atoms with Gasteiger partial charge in [-0.2, -0.15) is 0 Å². The van der Waals surface area contributed by atoms with Crippen molar-refractivity contribution < 1.29 is 9.90 Å². The number of H-pyrrole nitrogens is 1. The van der Waals surface area contributed by atoms with Crippen molar-refractivity contribution >= 4 is 17.4 Å². The van der Waals surface area contributed by atoms with E-state index in [-0.39, 0.29) is 17.4 Å². The number of aromatic nitrogens is 4. The minimum Gasteiger partial charge on any atom is -0.392 e. The highest BCUT2D eigenvalue weighted by molar-refractivity contribution is 7.07. The number of aliphatic hydroxyl groups is 1. The van der Waals surface area contributed by atoms with Crippen molar-refractivity contribution in [1.82, 2.24) is 29.4 Å². The van der Waals surface area contributed by atoms with Gasteiger partial charge in [-0.05, 0) is 43.1 Å². The highest BCUT2D eigenvalue weighted by Gasteiger charge is 2.42. The molecule has 0 saturated carbocycles. The van der Waals surface area contributed by atoms with Crippen LogP contribution in [-0.4, -0.2) is 72.7 Å². The number of carbonyl (C=O) groups excluding carboxylic acids is 1. The maximum atomic E-state index is 12.7. The van der Waals surface area contributed by atoms with Crippen LogP contribution in [0.5, 0.6) is 0 Å². The summed E-state index contributed by atoms with van der Waals surface area (Å²) in [5.74, 6) is 0.964. The fraction of sp³-hybridized carbons (Fsp3) is 0.647. The Hall–Kier alpha value is -1.84. The number of nitrogens with one attached hydrogen (secondary N) is 1. The number of hydrogen-bond acceptors (Lipinski definition) is 7. The SMILES string of the molecule is Cc1nnsc1C(=O)N1CCC2(CC1)CC(O)CN(Cc1ncc[nH]1)C2. The third-order valence-corrected chi connectivity index (χ3v) is 6.40. The van der Waals surface area contributed by atoms with Crippen LogP contribution in [0, 0.1) is 12.3 Å². The molecule has 0 aromatic carbocycles. The second-order valence-corrected chi connectivity index (χ2v) is 8.30. The van der Waals surface area contributed by atoms with Crippen molar-refractivity contribution in [1.29, 1.82) is 0 Å². The number of aromatic amines is 1. The molecule has 8 nitrogen and oxygen atoms in total. The number of nitrogens with zero attached hydrogens (tertiary/aromatic N) is 5. The minimum atomic E-state index is -0.325. The highest BCUT2D eigenvalue weighted by Crippen LogP contribution is 2.40. The largest absolute Gasteiger partial charge is 0.392 e. The molecule has 140 valence electrons. The third-order valence-electron chi connectivity index (χ3n) is 5.58. The molecule has 2 saturated heterocycles. The molecule has 1 atom stereocenters. The van der Waals surface area contributed by atoms with E-state index in [1.54, 1.807) is 6.20 Å². The molecular weight excluding hydrogens is 352 g/mol. The zero-order valence-corrected chi connectivity index (χ0v) is 15.7. The Balaban J connectivity index is 1.40. The molecule has 2 fully saturated rings. The molecule has 1 spiro atoms. The van der Waals surface area contributed by atoms with E-state index in [0.29, 0.717) is 17.1 Å². The summed E-state index contributed by atoms with van der Waals surface area (Å²) < 4.78 is 3.87. The molecule has 4 heterocycles. The van der Waals surface area contributed by atoms with Crippen molar-refractivity contribution in [3.8, 4) is 0 Å². The molecule has 1 unspecified atom stereocenters. The van der Waals surface area contributed by atoms with Gasteiger partial charge in [-0.15, -0.1) is 5.10 Å². The van der Waals surface area contributed by atoms with E-state index in [4.69, 9.17) is 0 Å². The fourth-order valence-electron chi connectivity index (χ4n) is 4.30. The first-order valence-corrected chi connectivity index (χ1v) is 9.79. The number of hydrogen-bond donors (Lipinski definition) is 2. The number of β-amino-alcohol motifs (C(OH)–C–C–N with tert-alkyl or cyclic N) is 1. The average molecular weight is 376 g/mol. The lowest BCUT2D eigenvalue weighted by molar-refractivity contribution is -0.0410. The molecular formula is C17H24N6O2S. The molecule has 2 aliphatic rings. The summed E-state index contributed by atoms with van der Waals surface area (Å²) in [5.41, 5.74) is 0.778. The Morgan fingerprint density at radius 3 is 2.92 bits per heavy atom. The molecule has 1 amide bonds. The van der Waals surface area contributed by atoms with Gasteiger partial charge in [0, 0.05) is 38.6 Å². The topological polar surface area (TPSA) is 98.2 Å². The van der Waals surface area contributed by atoms with Crippen LogP contribution in [0.25, 0.3) is 0 Å². The smallest absolute Gasteiger partial charge is 0.267 e. The van der Waals surface area contributed by atoms with Gasteiger partial charge in [0.1, 0.15) is 10.7 Å². The van der Waals surface area contributed by atoms with E-state index < -0.39 is 0 Å². The number of carbonyl (C=O) groups is 1. The maximum Gasteiger partial charge on any atom is 0.267 e. The van der Waals surface area contributed by atoms with Crippen molar-refractivity contribution in [2.45, 2.75) is 38.8 Å². The number of rotatable bonds is 3. The van der Waals surface area contributed by atoms with Crippen LogP contribution in [-0.2, 0) is 6.54 Å². The monoisotopic (exact) mass is 376 g/mol. The summed E-state index contributed by atoms with van der Waals surface area (Å²) in [6.07, 6.45) is 5.89. The average Bonchev–Trinajstić information content (AvgIpc) is 3.26. The molecule has 0 radical (unpaired) electrons. The molecule has 2 N–H and O–H groups in total. The molecule has 26 heavy (non-hydrogen) atoms. The molecule has 9 heteroatoms. The van der Waals surface area contributed by atoms with E-state index >= 15 is 0 Å². The first-order valence-electron chi connectivity index (χ1n) is 9.02. The second-order valence-electron chi connectivity index (χ2n) is 7.54. The molecule has 0 bridgehead atoms. The number of likely N-dealkylation sites (tertiary alicyclic amines) is 2. The van der Waals surface area contributed by atoms with Gasteiger partial charge in [0.2, 0.25) is 0 Å². The summed E-state index contributed by atoms with van der Waals surface area (Å²) >= 11 is 1.17. The van der Waals surface area contributed by atoms with Crippen LogP contribution in [0.1, 0.15) is 40.5 Å². The number of aryl methyl sites for hydroxylation is 1. The van der Waals surface area contributed by atoms with Crippen molar-refractivity contribution in [3.05, 3.63) is 28.8 Å². The Morgan fingerprint density at radius 2 is 2.27 bits per heavy atom. The van der Waals surface area contributed by atoms with Crippen molar-refractivity contribution in [2.75, 3.05) is 26.2 Å². The highest BCUT2D eigenvalue weighted by atomic mass is 32.1. The van der Waals surface area contributed by atoms with Crippen LogP contribution in [0.3, 0.4) is 0 Å². The first kappa shape index (κ1) is 17.6. The van der Waals surface area contributed by atoms with Crippen LogP contribution in [0.4, 0.5) is 0 Å². The summed E-state index contributed by atoms with van der Waals surface area (Å²) in [4.78, 5) is 24.9. The van der Waals surface area contributed by atoms with Gasteiger partial charge in [-0.1, -0.05) is 4.49 Å². The quantitative estimate of drug-likeness (QED) is 0.831. The Bertz CT molecular complexity index is 753. The number of aliphatic hydroxyl groups excluding tert-OH is 1. The Labute approximate surface area is 156 Å². The van der Waals surface area contributed by atoms with Crippen LogP contribution >= 0.6 is 11.5 Å². The summed E-state index contributed by atoms with van der Waals surface area (Å²) in [6.45, 7) is 5.60. The zero-order valence-electron chi connectivity index (χ0n) is 14.9. The van der Waals surface area contributed by atoms with Crippen molar-refractivity contribution in [2.24, 2.45) is 5.41 Å². The lowest BCUT2D eigenvalue weighted by Crippen LogP contribution is -2.54. The van der Waals surface area contributed by atoms with Gasteiger partial charge < -0.3 is 15.0 Å². The Kier molecular flexibility index (Phi) is 4.76. The molecule has 0 aliphatic carbocycles. The van der Waals surface area contributed by atoms with Gasteiger partial charge in [0.25, 0.3) is 5.91 Å². The van der Waals surface area contributed by atoms with Crippen LogP contribution < -0.4 is 0 Å². The van der Waals surface area contributed by atoms with Crippen LogP contribution in [0.15, 0.2) is 12.4 Å².